The van der Waals surface area contributed by atoms with Crippen LogP contribution in [0.25, 0.3) is 5.65 Å². The van der Waals surface area contributed by atoms with Crippen LogP contribution in [0.2, 0.25) is 5.02 Å². The molecule has 0 saturated carbocycles. The van der Waals surface area contributed by atoms with E-state index in [1.54, 1.807) is 24.3 Å². The van der Waals surface area contributed by atoms with Gasteiger partial charge in [-0.25, -0.2) is 9.78 Å². The van der Waals surface area contributed by atoms with E-state index >= 15 is 0 Å². The zero-order chi connectivity index (χ0) is 15.5. The molecular weight excluding hydrogens is 300 g/mol. The minimum atomic E-state index is -0.281. The third-order valence-corrected chi connectivity index (χ3v) is 3.53. The number of hydrogen-bond donors (Lipinski definition) is 2. The Morgan fingerprint density at radius 2 is 2.00 bits per heavy atom. The van der Waals surface area contributed by atoms with E-state index in [1.165, 1.54) is 0 Å². The van der Waals surface area contributed by atoms with Gasteiger partial charge in [0.05, 0.1) is 12.2 Å². The number of aromatic nitrogens is 2. The molecule has 22 heavy (non-hydrogen) atoms. The van der Waals surface area contributed by atoms with E-state index in [0.717, 1.165) is 17.0 Å². The van der Waals surface area contributed by atoms with Crippen molar-refractivity contribution in [2.45, 2.75) is 13.5 Å². The molecule has 3 aromatic rings. The summed E-state index contributed by atoms with van der Waals surface area (Å²) in [5.74, 6) is 0. The van der Waals surface area contributed by atoms with Gasteiger partial charge in [0.1, 0.15) is 5.65 Å². The van der Waals surface area contributed by atoms with Gasteiger partial charge in [0.15, 0.2) is 0 Å². The minimum absolute atomic E-state index is 0.281. The van der Waals surface area contributed by atoms with Gasteiger partial charge in [0.2, 0.25) is 0 Å². The number of urea groups is 1. The highest BCUT2D eigenvalue weighted by molar-refractivity contribution is 6.30. The maximum Gasteiger partial charge on any atom is 0.319 e. The van der Waals surface area contributed by atoms with Crippen LogP contribution in [0.1, 0.15) is 11.4 Å². The molecule has 0 radical (unpaired) electrons. The highest BCUT2D eigenvalue weighted by Crippen LogP contribution is 2.13. The largest absolute Gasteiger partial charge is 0.332 e. The highest BCUT2D eigenvalue weighted by atomic mass is 35.5. The van der Waals surface area contributed by atoms with Crippen molar-refractivity contribution in [3.05, 3.63) is 65.1 Å². The molecule has 5 nitrogen and oxygen atoms in total. The van der Waals surface area contributed by atoms with Crippen molar-refractivity contribution in [1.29, 1.82) is 0 Å². The van der Waals surface area contributed by atoms with E-state index in [-0.39, 0.29) is 6.03 Å². The van der Waals surface area contributed by atoms with Crippen LogP contribution in [-0.2, 0) is 6.54 Å². The summed E-state index contributed by atoms with van der Waals surface area (Å²) in [6.07, 6.45) is 1.92. The van der Waals surface area contributed by atoms with Crippen molar-refractivity contribution < 1.29 is 4.79 Å². The average Bonchev–Trinajstić information content (AvgIpc) is 2.92. The standard InChI is InChI=1S/C16H15ClN4O/c1-11-3-2-4-15-19-14(10-21(11)15)9-18-16(22)20-13-7-5-12(17)6-8-13/h2-8,10H,9H2,1H3,(H2,18,20,22). The first-order valence-corrected chi connectivity index (χ1v) is 7.23. The van der Waals surface area contributed by atoms with Crippen LogP contribution >= 0.6 is 11.6 Å². The summed E-state index contributed by atoms with van der Waals surface area (Å²) in [5, 5.41) is 6.16. The SMILES string of the molecule is Cc1cccc2nc(CNC(=O)Nc3ccc(Cl)cc3)cn12. The maximum absolute atomic E-state index is 11.9. The van der Waals surface area contributed by atoms with E-state index in [0.29, 0.717) is 17.3 Å². The normalized spacial score (nSPS) is 10.6. The van der Waals surface area contributed by atoms with Gasteiger partial charge in [0.25, 0.3) is 0 Å². The van der Waals surface area contributed by atoms with Crippen molar-refractivity contribution in [3.63, 3.8) is 0 Å². The van der Waals surface area contributed by atoms with Crippen LogP contribution in [0.15, 0.2) is 48.7 Å². The number of pyridine rings is 1. The predicted octanol–water partition coefficient (Wildman–Crippen LogP) is 3.62. The highest BCUT2D eigenvalue weighted by Gasteiger charge is 2.05. The van der Waals surface area contributed by atoms with Crippen LogP contribution in [0.3, 0.4) is 0 Å². The molecule has 0 saturated heterocycles. The summed E-state index contributed by atoms with van der Waals surface area (Å²) >= 11 is 5.80. The summed E-state index contributed by atoms with van der Waals surface area (Å²) in [6, 6.07) is 12.6. The zero-order valence-corrected chi connectivity index (χ0v) is 12.8. The molecule has 0 aliphatic carbocycles. The van der Waals surface area contributed by atoms with Crippen molar-refractivity contribution in [2.24, 2.45) is 0 Å². The van der Waals surface area contributed by atoms with E-state index in [4.69, 9.17) is 11.6 Å². The zero-order valence-electron chi connectivity index (χ0n) is 12.0. The van der Waals surface area contributed by atoms with Crippen LogP contribution in [-0.4, -0.2) is 15.4 Å². The molecule has 0 aliphatic rings. The fraction of sp³-hybridized carbons (Fsp3) is 0.125. The Labute approximate surface area is 132 Å². The summed E-state index contributed by atoms with van der Waals surface area (Å²) in [7, 11) is 0. The first-order chi connectivity index (χ1) is 10.6. The second kappa shape index (κ2) is 6.07. The molecule has 0 unspecified atom stereocenters. The van der Waals surface area contributed by atoms with Gasteiger partial charge in [-0.05, 0) is 43.3 Å². The van der Waals surface area contributed by atoms with Crippen molar-refractivity contribution in [3.8, 4) is 0 Å². The Hall–Kier alpha value is -2.53. The summed E-state index contributed by atoms with van der Waals surface area (Å²) in [5.41, 5.74) is 3.46. The third kappa shape index (κ3) is 3.20. The Morgan fingerprint density at radius 3 is 2.73 bits per heavy atom. The van der Waals surface area contributed by atoms with Gasteiger partial charge in [-0.2, -0.15) is 0 Å². The number of fused-ring (bicyclic) bond motifs is 1. The Bertz CT molecular complexity index is 811. The van der Waals surface area contributed by atoms with Crippen LogP contribution < -0.4 is 10.6 Å². The maximum atomic E-state index is 11.9. The van der Waals surface area contributed by atoms with Crippen molar-refractivity contribution in [2.75, 3.05) is 5.32 Å². The molecule has 6 heteroatoms. The minimum Gasteiger partial charge on any atom is -0.332 e. The number of aryl methyl sites for hydroxylation is 1. The van der Waals surface area contributed by atoms with E-state index in [1.807, 2.05) is 35.7 Å². The van der Waals surface area contributed by atoms with E-state index in [9.17, 15) is 4.79 Å². The second-order valence-corrected chi connectivity index (χ2v) is 5.38. The van der Waals surface area contributed by atoms with Crippen molar-refractivity contribution >= 4 is 29.0 Å². The topological polar surface area (TPSA) is 58.4 Å². The first kappa shape index (κ1) is 14.4. The predicted molar refractivity (Wildman–Crippen MR) is 87.2 cm³/mol. The van der Waals surface area contributed by atoms with Crippen LogP contribution in [0, 0.1) is 6.92 Å². The third-order valence-electron chi connectivity index (χ3n) is 3.28. The van der Waals surface area contributed by atoms with Crippen LogP contribution in [0.5, 0.6) is 0 Å². The molecule has 0 aliphatic heterocycles. The molecule has 0 spiro atoms. The average molecular weight is 315 g/mol. The second-order valence-electron chi connectivity index (χ2n) is 4.94. The fourth-order valence-electron chi connectivity index (χ4n) is 2.16. The fourth-order valence-corrected chi connectivity index (χ4v) is 2.29. The molecule has 2 N–H and O–H groups in total. The van der Waals surface area contributed by atoms with E-state index < -0.39 is 0 Å². The number of amides is 2. The van der Waals surface area contributed by atoms with Gasteiger partial charge in [-0.1, -0.05) is 17.7 Å². The van der Waals surface area contributed by atoms with Crippen molar-refractivity contribution in [1.82, 2.24) is 14.7 Å². The monoisotopic (exact) mass is 314 g/mol. The van der Waals surface area contributed by atoms with Crippen LogP contribution in [0.4, 0.5) is 10.5 Å². The summed E-state index contributed by atoms with van der Waals surface area (Å²) < 4.78 is 1.99. The molecule has 1 aromatic carbocycles. The molecule has 0 fully saturated rings. The number of carbonyl (C=O) groups excluding carboxylic acids is 1. The molecule has 2 heterocycles. The molecule has 0 atom stereocenters. The van der Waals surface area contributed by atoms with Gasteiger partial charge >= 0.3 is 6.03 Å². The molecule has 112 valence electrons. The molecule has 2 amide bonds. The molecule has 2 aromatic heterocycles. The molecular formula is C16H15ClN4O. The molecule has 0 bridgehead atoms. The lowest BCUT2D eigenvalue weighted by Crippen LogP contribution is -2.28. The molecule has 3 rings (SSSR count). The smallest absolute Gasteiger partial charge is 0.319 e. The summed E-state index contributed by atoms with van der Waals surface area (Å²) in [4.78, 5) is 16.3. The number of benzene rings is 1. The van der Waals surface area contributed by atoms with Gasteiger partial charge in [-0.15, -0.1) is 0 Å². The van der Waals surface area contributed by atoms with Gasteiger partial charge in [0, 0.05) is 22.6 Å². The Kier molecular flexibility index (Phi) is 3.98. The lowest BCUT2D eigenvalue weighted by atomic mass is 10.3. The number of imidazole rings is 1. The number of anilines is 1. The van der Waals surface area contributed by atoms with E-state index in [2.05, 4.69) is 15.6 Å². The number of nitrogens with zero attached hydrogens (tertiary/aromatic N) is 2. The number of nitrogens with one attached hydrogen (secondary N) is 2. The number of halogens is 1. The number of carbonyl (C=O) groups is 1. The number of hydrogen-bond acceptors (Lipinski definition) is 2. The lowest BCUT2D eigenvalue weighted by Gasteiger charge is -2.06. The van der Waals surface area contributed by atoms with Gasteiger partial charge in [-0.3, -0.25) is 0 Å². The van der Waals surface area contributed by atoms with Gasteiger partial charge < -0.3 is 15.0 Å². The Morgan fingerprint density at radius 1 is 1.23 bits per heavy atom. The first-order valence-electron chi connectivity index (χ1n) is 6.86. The Balaban J connectivity index is 1.62. The number of rotatable bonds is 3. The summed E-state index contributed by atoms with van der Waals surface area (Å²) in [6.45, 7) is 2.37. The lowest BCUT2D eigenvalue weighted by molar-refractivity contribution is 0.251. The quantitative estimate of drug-likeness (QED) is 0.775.